The normalized spacial score (nSPS) is 15.3. The van der Waals surface area contributed by atoms with E-state index in [1.807, 2.05) is 12.1 Å². The summed E-state index contributed by atoms with van der Waals surface area (Å²) < 4.78 is 12.7. The summed E-state index contributed by atoms with van der Waals surface area (Å²) >= 11 is 6.01. The maximum atomic E-state index is 12.7. The van der Waals surface area contributed by atoms with E-state index in [4.69, 9.17) is 11.6 Å². The third-order valence-corrected chi connectivity index (χ3v) is 3.83. The maximum absolute atomic E-state index is 12.7. The van der Waals surface area contributed by atoms with Crippen LogP contribution < -0.4 is 0 Å². The summed E-state index contributed by atoms with van der Waals surface area (Å²) in [6.45, 7) is 6.52. The summed E-state index contributed by atoms with van der Waals surface area (Å²) in [6, 6.07) is 6.68. The van der Waals surface area contributed by atoms with Gasteiger partial charge in [0.15, 0.2) is 0 Å². The number of rotatable bonds is 4. The van der Waals surface area contributed by atoms with Gasteiger partial charge in [-0.25, -0.2) is 4.39 Å². The predicted octanol–water partition coefficient (Wildman–Crippen LogP) is 4.27. The van der Waals surface area contributed by atoms with E-state index < -0.39 is 0 Å². The highest BCUT2D eigenvalue weighted by atomic mass is 35.5. The van der Waals surface area contributed by atoms with Crippen molar-refractivity contribution in [1.29, 1.82) is 0 Å². The van der Waals surface area contributed by atoms with Gasteiger partial charge < -0.3 is 0 Å². The minimum Gasteiger partial charge on any atom is -0.207 e. The molecule has 15 heavy (non-hydrogen) atoms. The molecule has 0 saturated carbocycles. The predicted molar refractivity (Wildman–Crippen MR) is 63.8 cm³/mol. The number of alkyl halides is 1. The Kier molecular flexibility index (Phi) is 4.15. The monoisotopic (exact) mass is 228 g/mol. The molecule has 0 aliphatic rings. The van der Waals surface area contributed by atoms with E-state index in [1.54, 1.807) is 0 Å². The van der Waals surface area contributed by atoms with Crippen LogP contribution in [0.5, 0.6) is 0 Å². The molecule has 0 N–H and O–H groups in total. The largest absolute Gasteiger partial charge is 0.207 e. The second-order valence-corrected chi connectivity index (χ2v) is 5.01. The summed E-state index contributed by atoms with van der Waals surface area (Å²) in [5, 5.41) is 0. The van der Waals surface area contributed by atoms with Crippen molar-refractivity contribution in [1.82, 2.24) is 0 Å². The molecule has 0 spiro atoms. The molecule has 0 aliphatic carbocycles. The molecular weight excluding hydrogens is 211 g/mol. The average molecular weight is 229 g/mol. The summed E-state index contributed by atoms with van der Waals surface area (Å²) in [7, 11) is 0. The van der Waals surface area contributed by atoms with Crippen molar-refractivity contribution in [3.63, 3.8) is 0 Å². The average Bonchev–Trinajstić information content (AvgIpc) is 2.21. The van der Waals surface area contributed by atoms with Crippen molar-refractivity contribution >= 4 is 11.6 Å². The van der Waals surface area contributed by atoms with Crippen molar-refractivity contribution in [2.24, 2.45) is 11.3 Å². The third kappa shape index (κ3) is 3.20. The molecule has 0 nitrogen and oxygen atoms in total. The lowest BCUT2D eigenvalue weighted by Gasteiger charge is -2.31. The molecule has 2 heteroatoms. The zero-order valence-electron chi connectivity index (χ0n) is 9.56. The van der Waals surface area contributed by atoms with Gasteiger partial charge in [-0.2, -0.15) is 0 Å². The molecule has 0 fully saturated rings. The first kappa shape index (κ1) is 12.5. The van der Waals surface area contributed by atoms with E-state index >= 15 is 0 Å². The third-order valence-electron chi connectivity index (χ3n) is 3.22. The van der Waals surface area contributed by atoms with Gasteiger partial charge >= 0.3 is 0 Å². The first-order chi connectivity index (χ1) is 6.98. The highest BCUT2D eigenvalue weighted by molar-refractivity contribution is 6.18. The van der Waals surface area contributed by atoms with E-state index in [-0.39, 0.29) is 11.2 Å². The first-order valence-corrected chi connectivity index (χ1v) is 5.82. The Labute approximate surface area is 96.5 Å². The lowest BCUT2D eigenvalue weighted by Crippen LogP contribution is -2.28. The second-order valence-electron chi connectivity index (χ2n) is 4.75. The lowest BCUT2D eigenvalue weighted by atomic mass is 9.76. The smallest absolute Gasteiger partial charge is 0.123 e. The van der Waals surface area contributed by atoms with Gasteiger partial charge in [0.1, 0.15) is 5.82 Å². The van der Waals surface area contributed by atoms with Crippen LogP contribution in [0.4, 0.5) is 4.39 Å². The molecule has 0 amide bonds. The molecule has 84 valence electrons. The molecule has 1 rings (SSSR count). The van der Waals surface area contributed by atoms with E-state index in [2.05, 4.69) is 20.8 Å². The van der Waals surface area contributed by atoms with Crippen LogP contribution in [0.1, 0.15) is 26.3 Å². The number of halogens is 2. The summed E-state index contributed by atoms with van der Waals surface area (Å²) in [4.78, 5) is 0. The van der Waals surface area contributed by atoms with Crippen LogP contribution in [-0.4, -0.2) is 5.88 Å². The quantitative estimate of drug-likeness (QED) is 0.676. The van der Waals surface area contributed by atoms with Gasteiger partial charge in [0, 0.05) is 5.88 Å². The van der Waals surface area contributed by atoms with Crippen LogP contribution in [0.3, 0.4) is 0 Å². The Balaban J connectivity index is 2.79. The first-order valence-electron chi connectivity index (χ1n) is 5.28. The SMILES string of the molecule is CC(C)C(C)(CCl)Cc1ccc(F)cc1. The van der Waals surface area contributed by atoms with E-state index in [0.29, 0.717) is 11.8 Å². The van der Waals surface area contributed by atoms with Gasteiger partial charge in [0.05, 0.1) is 0 Å². The molecule has 0 heterocycles. The minimum absolute atomic E-state index is 0.0827. The van der Waals surface area contributed by atoms with Crippen molar-refractivity contribution in [2.75, 3.05) is 5.88 Å². The number of hydrogen-bond acceptors (Lipinski definition) is 0. The van der Waals surface area contributed by atoms with Crippen LogP contribution in [0.2, 0.25) is 0 Å². The van der Waals surface area contributed by atoms with Gasteiger partial charge in [0.25, 0.3) is 0 Å². The number of hydrogen-bond donors (Lipinski definition) is 0. The molecule has 1 aromatic carbocycles. The van der Waals surface area contributed by atoms with Crippen LogP contribution in [0.15, 0.2) is 24.3 Å². The summed E-state index contributed by atoms with van der Waals surface area (Å²) in [5.41, 5.74) is 1.23. The van der Waals surface area contributed by atoms with Gasteiger partial charge in [-0.15, -0.1) is 11.6 Å². The minimum atomic E-state index is -0.184. The van der Waals surface area contributed by atoms with E-state index in [1.165, 1.54) is 12.1 Å². The van der Waals surface area contributed by atoms with Crippen molar-refractivity contribution in [3.05, 3.63) is 35.6 Å². The highest BCUT2D eigenvalue weighted by Gasteiger charge is 2.27. The molecule has 0 aromatic heterocycles. The molecular formula is C13H18ClF. The fourth-order valence-electron chi connectivity index (χ4n) is 1.47. The van der Waals surface area contributed by atoms with Crippen LogP contribution >= 0.6 is 11.6 Å². The number of benzene rings is 1. The molecule has 0 radical (unpaired) electrons. The van der Waals surface area contributed by atoms with Crippen molar-refractivity contribution < 1.29 is 4.39 Å². The molecule has 1 atom stereocenters. The van der Waals surface area contributed by atoms with E-state index in [9.17, 15) is 4.39 Å². The fourth-order valence-corrected chi connectivity index (χ4v) is 1.88. The molecule has 0 aliphatic heterocycles. The maximum Gasteiger partial charge on any atom is 0.123 e. The molecule has 0 bridgehead atoms. The Bertz CT molecular complexity index is 305. The molecule has 0 saturated heterocycles. The Morgan fingerprint density at radius 3 is 2.20 bits per heavy atom. The van der Waals surface area contributed by atoms with Gasteiger partial charge in [-0.1, -0.05) is 32.9 Å². The van der Waals surface area contributed by atoms with Crippen LogP contribution in [-0.2, 0) is 6.42 Å². The van der Waals surface area contributed by atoms with Crippen molar-refractivity contribution in [3.8, 4) is 0 Å². The zero-order valence-corrected chi connectivity index (χ0v) is 10.3. The lowest BCUT2D eigenvalue weighted by molar-refractivity contribution is 0.253. The molecule has 1 unspecified atom stereocenters. The highest BCUT2D eigenvalue weighted by Crippen LogP contribution is 2.32. The fraction of sp³-hybridized carbons (Fsp3) is 0.538. The van der Waals surface area contributed by atoms with Gasteiger partial charge in [-0.3, -0.25) is 0 Å². The Morgan fingerprint density at radius 2 is 1.80 bits per heavy atom. The van der Waals surface area contributed by atoms with Gasteiger partial charge in [-0.05, 0) is 35.4 Å². The van der Waals surface area contributed by atoms with Gasteiger partial charge in [0.2, 0.25) is 0 Å². The summed E-state index contributed by atoms with van der Waals surface area (Å²) in [6.07, 6.45) is 0.897. The van der Waals surface area contributed by atoms with E-state index in [0.717, 1.165) is 12.0 Å². The zero-order chi connectivity index (χ0) is 11.5. The van der Waals surface area contributed by atoms with Crippen molar-refractivity contribution in [2.45, 2.75) is 27.2 Å². The van der Waals surface area contributed by atoms with Crippen LogP contribution in [0.25, 0.3) is 0 Å². The van der Waals surface area contributed by atoms with Crippen LogP contribution in [0, 0.1) is 17.2 Å². The summed E-state index contributed by atoms with van der Waals surface area (Å²) in [5.74, 6) is 0.957. The standard InChI is InChI=1S/C13H18ClF/c1-10(2)13(3,9-14)8-11-4-6-12(15)7-5-11/h4-7,10H,8-9H2,1-3H3. The topological polar surface area (TPSA) is 0 Å². The Hall–Kier alpha value is -0.560. The second kappa shape index (κ2) is 4.98. The Morgan fingerprint density at radius 1 is 1.27 bits per heavy atom. The molecule has 1 aromatic rings.